The van der Waals surface area contributed by atoms with Gasteiger partial charge in [0.1, 0.15) is 9.84 Å². The molecule has 0 saturated carbocycles. The Morgan fingerprint density at radius 1 is 1.11 bits per heavy atom. The normalized spacial score (nSPS) is 15.0. The minimum atomic E-state index is -3.48. The van der Waals surface area contributed by atoms with E-state index in [1.54, 1.807) is 29.0 Å². The molecular formula is C18H19NO6S2. The van der Waals surface area contributed by atoms with Gasteiger partial charge in [-0.2, -0.15) is 11.3 Å². The number of methoxy groups -OCH3 is 1. The van der Waals surface area contributed by atoms with Crippen molar-refractivity contribution in [2.45, 2.75) is 13.0 Å². The number of nitrogens with zero attached hydrogens (tertiary/aromatic N) is 1. The van der Waals surface area contributed by atoms with Gasteiger partial charge in [-0.3, -0.25) is 14.5 Å². The molecule has 0 fully saturated rings. The van der Waals surface area contributed by atoms with Crippen LogP contribution in [0.4, 0.5) is 0 Å². The molecule has 0 radical (unpaired) electrons. The average Bonchev–Trinajstić information content (AvgIpc) is 3.17. The Labute approximate surface area is 161 Å². The molecule has 2 amide bonds. The van der Waals surface area contributed by atoms with Crippen molar-refractivity contribution in [2.24, 2.45) is 0 Å². The maximum absolute atomic E-state index is 12.8. The van der Waals surface area contributed by atoms with E-state index in [9.17, 15) is 18.0 Å². The monoisotopic (exact) mass is 409 g/mol. The Morgan fingerprint density at radius 2 is 1.74 bits per heavy atom. The second kappa shape index (κ2) is 7.32. The fourth-order valence-corrected chi connectivity index (χ4v) is 4.75. The summed E-state index contributed by atoms with van der Waals surface area (Å²) in [7, 11) is -1.99. The molecule has 27 heavy (non-hydrogen) atoms. The summed E-state index contributed by atoms with van der Waals surface area (Å²) < 4.78 is 34.9. The van der Waals surface area contributed by atoms with Crippen LogP contribution in [0.1, 0.15) is 39.2 Å². The van der Waals surface area contributed by atoms with Crippen LogP contribution < -0.4 is 9.47 Å². The third kappa shape index (κ3) is 3.70. The third-order valence-corrected chi connectivity index (χ3v) is 5.87. The van der Waals surface area contributed by atoms with Crippen LogP contribution in [0, 0.1) is 0 Å². The van der Waals surface area contributed by atoms with E-state index in [0.29, 0.717) is 34.8 Å². The van der Waals surface area contributed by atoms with Crippen LogP contribution in [0.5, 0.6) is 11.5 Å². The first-order valence-electron chi connectivity index (χ1n) is 8.19. The number of thiophene rings is 1. The smallest absolute Gasteiger partial charge is 0.263 e. The molecule has 1 unspecified atom stereocenters. The van der Waals surface area contributed by atoms with Crippen LogP contribution in [0.3, 0.4) is 0 Å². The highest BCUT2D eigenvalue weighted by molar-refractivity contribution is 7.90. The van der Waals surface area contributed by atoms with Gasteiger partial charge in [-0.1, -0.05) is 6.07 Å². The van der Waals surface area contributed by atoms with Gasteiger partial charge in [-0.05, 0) is 24.6 Å². The Balaban J connectivity index is 2.08. The molecule has 2 heterocycles. The molecule has 1 aliphatic rings. The Hall–Kier alpha value is -2.39. The highest BCUT2D eigenvalue weighted by Gasteiger charge is 2.42. The van der Waals surface area contributed by atoms with Crippen LogP contribution >= 0.6 is 11.3 Å². The van der Waals surface area contributed by atoms with Crippen LogP contribution in [0.15, 0.2) is 29.0 Å². The second-order valence-corrected chi connectivity index (χ2v) is 9.06. The lowest BCUT2D eigenvalue weighted by Gasteiger charge is -2.27. The molecule has 1 aromatic heterocycles. The van der Waals surface area contributed by atoms with Gasteiger partial charge in [-0.15, -0.1) is 0 Å². The molecule has 0 bridgehead atoms. The summed E-state index contributed by atoms with van der Waals surface area (Å²) in [6, 6.07) is 3.94. The van der Waals surface area contributed by atoms with Crippen LogP contribution in [-0.4, -0.2) is 50.9 Å². The zero-order chi connectivity index (χ0) is 19.8. The first-order chi connectivity index (χ1) is 12.8. The molecular weight excluding hydrogens is 390 g/mol. The van der Waals surface area contributed by atoms with E-state index in [0.717, 1.165) is 11.2 Å². The number of carbonyl (C=O) groups is 2. The minimum absolute atomic E-state index is 0.307. The fourth-order valence-electron chi connectivity index (χ4n) is 3.04. The Morgan fingerprint density at radius 3 is 2.26 bits per heavy atom. The zero-order valence-corrected chi connectivity index (χ0v) is 16.7. The number of ether oxygens (including phenoxy) is 2. The minimum Gasteiger partial charge on any atom is -0.493 e. The first-order valence-corrected chi connectivity index (χ1v) is 11.2. The van der Waals surface area contributed by atoms with Crippen molar-refractivity contribution in [2.75, 3.05) is 25.7 Å². The molecule has 1 atom stereocenters. The van der Waals surface area contributed by atoms with Crippen LogP contribution in [-0.2, 0) is 9.84 Å². The van der Waals surface area contributed by atoms with Crippen molar-refractivity contribution >= 4 is 33.0 Å². The van der Waals surface area contributed by atoms with E-state index >= 15 is 0 Å². The summed E-state index contributed by atoms with van der Waals surface area (Å²) in [6.45, 7) is 2.19. The number of hydrogen-bond donors (Lipinski definition) is 0. The van der Waals surface area contributed by atoms with Gasteiger partial charge in [0, 0.05) is 17.0 Å². The van der Waals surface area contributed by atoms with E-state index in [1.165, 1.54) is 18.4 Å². The summed E-state index contributed by atoms with van der Waals surface area (Å²) in [5.41, 5.74) is 1.10. The van der Waals surface area contributed by atoms with Crippen molar-refractivity contribution in [1.82, 2.24) is 4.90 Å². The lowest BCUT2D eigenvalue weighted by molar-refractivity contribution is 0.0597. The van der Waals surface area contributed by atoms with Crippen molar-refractivity contribution in [3.05, 3.63) is 45.6 Å². The molecule has 1 aliphatic heterocycles. The van der Waals surface area contributed by atoms with E-state index in [1.807, 2.05) is 6.92 Å². The van der Waals surface area contributed by atoms with Crippen molar-refractivity contribution < 1.29 is 27.5 Å². The lowest BCUT2D eigenvalue weighted by Crippen LogP contribution is -2.37. The molecule has 0 aliphatic carbocycles. The molecule has 0 N–H and O–H groups in total. The lowest BCUT2D eigenvalue weighted by atomic mass is 10.1. The van der Waals surface area contributed by atoms with E-state index in [2.05, 4.69) is 0 Å². The summed E-state index contributed by atoms with van der Waals surface area (Å²) in [4.78, 5) is 26.6. The number of carbonyl (C=O) groups excluding carboxylic acids is 2. The van der Waals surface area contributed by atoms with Crippen LogP contribution in [0.2, 0.25) is 0 Å². The van der Waals surface area contributed by atoms with E-state index in [4.69, 9.17) is 9.47 Å². The average molecular weight is 409 g/mol. The Bertz CT molecular complexity index is 965. The van der Waals surface area contributed by atoms with Gasteiger partial charge >= 0.3 is 0 Å². The largest absolute Gasteiger partial charge is 0.493 e. The SMILES string of the molecule is CCOc1cc(C(CS(C)(=O)=O)N2C(=O)c3cscc3C2=O)ccc1OC. The molecule has 2 aromatic rings. The van der Waals surface area contributed by atoms with Gasteiger partial charge in [0.05, 0.1) is 36.6 Å². The third-order valence-electron chi connectivity index (χ3n) is 4.20. The molecule has 9 heteroatoms. The zero-order valence-electron chi connectivity index (χ0n) is 15.1. The standard InChI is InChI=1S/C18H19NO6S2/c1-4-25-16-7-11(5-6-15(16)24-2)14(10-27(3,22)23)19-17(20)12-8-26-9-13(12)18(19)21/h5-9,14H,4,10H2,1-3H3. The van der Waals surface area contributed by atoms with Crippen molar-refractivity contribution in [3.63, 3.8) is 0 Å². The Kier molecular flexibility index (Phi) is 5.25. The maximum atomic E-state index is 12.8. The van der Waals surface area contributed by atoms with Gasteiger partial charge in [-0.25, -0.2) is 8.42 Å². The van der Waals surface area contributed by atoms with E-state index in [-0.39, 0.29) is 5.75 Å². The van der Waals surface area contributed by atoms with Gasteiger partial charge < -0.3 is 9.47 Å². The molecule has 0 saturated heterocycles. The van der Waals surface area contributed by atoms with Crippen molar-refractivity contribution in [3.8, 4) is 11.5 Å². The molecule has 3 rings (SSSR count). The molecule has 0 spiro atoms. The summed E-state index contributed by atoms with van der Waals surface area (Å²) in [5.74, 6) is -0.450. The topological polar surface area (TPSA) is 90.0 Å². The number of imide groups is 1. The quantitative estimate of drug-likeness (QED) is 0.653. The highest BCUT2D eigenvalue weighted by Crippen LogP contribution is 2.37. The fraction of sp³-hybridized carbons (Fsp3) is 0.333. The van der Waals surface area contributed by atoms with Gasteiger partial charge in [0.25, 0.3) is 11.8 Å². The summed E-state index contributed by atoms with van der Waals surface area (Å²) in [5, 5.41) is 3.21. The number of fused-ring (bicyclic) bond motifs is 1. The number of hydrogen-bond acceptors (Lipinski definition) is 7. The molecule has 144 valence electrons. The predicted molar refractivity (Wildman–Crippen MR) is 101 cm³/mol. The number of amides is 2. The molecule has 7 nitrogen and oxygen atoms in total. The van der Waals surface area contributed by atoms with E-state index < -0.39 is 27.7 Å². The maximum Gasteiger partial charge on any atom is 0.263 e. The number of rotatable bonds is 7. The molecule has 1 aromatic carbocycles. The predicted octanol–water partition coefficient (Wildman–Crippen LogP) is 2.54. The highest BCUT2D eigenvalue weighted by atomic mass is 32.2. The second-order valence-electron chi connectivity index (χ2n) is 6.13. The van der Waals surface area contributed by atoms with Gasteiger partial charge in [0.2, 0.25) is 0 Å². The number of benzene rings is 1. The number of sulfone groups is 1. The van der Waals surface area contributed by atoms with Crippen LogP contribution in [0.25, 0.3) is 0 Å². The van der Waals surface area contributed by atoms with Crippen molar-refractivity contribution in [1.29, 1.82) is 0 Å². The summed E-state index contributed by atoms with van der Waals surface area (Å²) >= 11 is 1.26. The summed E-state index contributed by atoms with van der Waals surface area (Å²) in [6.07, 6.45) is 1.08. The first kappa shape index (κ1) is 19.4. The van der Waals surface area contributed by atoms with Gasteiger partial charge in [0.15, 0.2) is 11.5 Å².